The molecule has 0 aliphatic heterocycles. The van der Waals surface area contributed by atoms with Gasteiger partial charge in [-0.25, -0.2) is 0 Å². The maximum absolute atomic E-state index is 3.33. The predicted octanol–water partition coefficient (Wildman–Crippen LogP) is 5.00. The lowest BCUT2D eigenvalue weighted by atomic mass is 9.88. The fourth-order valence-corrected chi connectivity index (χ4v) is 2.59. The normalized spacial score (nSPS) is 10.8. The third kappa shape index (κ3) is 2.08. The Balaban J connectivity index is 2.81. The quantitative estimate of drug-likeness (QED) is 0.654. The highest BCUT2D eigenvalue weighted by Crippen LogP contribution is 2.33. The minimum atomic E-state index is 1.24. The summed E-state index contributed by atoms with van der Waals surface area (Å²) >= 11 is 0. The maximum atomic E-state index is 3.33. The second-order valence-electron chi connectivity index (χ2n) is 5.35. The van der Waals surface area contributed by atoms with Gasteiger partial charge in [-0.15, -0.1) is 0 Å². The molecule has 2 aromatic rings. The van der Waals surface area contributed by atoms with Gasteiger partial charge in [-0.3, -0.25) is 0 Å². The van der Waals surface area contributed by atoms with Crippen molar-refractivity contribution < 1.29 is 0 Å². The van der Waals surface area contributed by atoms with Crippen molar-refractivity contribution in [1.82, 2.24) is 0 Å². The Kier molecular flexibility index (Phi) is 3.30. The van der Waals surface area contributed by atoms with Gasteiger partial charge in [0.15, 0.2) is 0 Å². The van der Waals surface area contributed by atoms with Crippen LogP contribution in [0.4, 0.5) is 0 Å². The van der Waals surface area contributed by atoms with Gasteiger partial charge in [0.25, 0.3) is 0 Å². The van der Waals surface area contributed by atoms with E-state index in [9.17, 15) is 0 Å². The Morgan fingerprint density at radius 1 is 0.778 bits per heavy atom. The van der Waals surface area contributed by atoms with Crippen molar-refractivity contribution in [3.8, 4) is 11.1 Å². The summed E-state index contributed by atoms with van der Waals surface area (Å²) in [6, 6.07) is 9.99. The van der Waals surface area contributed by atoms with Gasteiger partial charge in [-0.05, 0) is 86.6 Å². The fraction of sp³-hybridized carbons (Fsp3) is 0.333. The Morgan fingerprint density at radius 3 is 2.11 bits per heavy atom. The summed E-state index contributed by atoms with van der Waals surface area (Å²) in [6.07, 6.45) is 0. The molecule has 0 aromatic heterocycles. The van der Waals surface area contributed by atoms with Crippen LogP contribution in [0.1, 0.15) is 33.4 Å². The van der Waals surface area contributed by atoms with E-state index in [1.54, 1.807) is 0 Å². The SMILES string of the molecule is Cc1cc(C)c(C)c(-c2c(C)c[c]c(C)c2C)c1. The van der Waals surface area contributed by atoms with E-state index in [-0.39, 0.29) is 0 Å². The molecule has 0 amide bonds. The van der Waals surface area contributed by atoms with Gasteiger partial charge in [0.05, 0.1) is 0 Å². The Morgan fingerprint density at radius 2 is 1.44 bits per heavy atom. The van der Waals surface area contributed by atoms with Crippen molar-refractivity contribution in [2.24, 2.45) is 0 Å². The van der Waals surface area contributed by atoms with Crippen molar-refractivity contribution in [2.75, 3.05) is 0 Å². The molecule has 1 radical (unpaired) electrons. The lowest BCUT2D eigenvalue weighted by Gasteiger charge is -2.17. The maximum Gasteiger partial charge on any atom is -0.0119 e. The first-order valence-electron chi connectivity index (χ1n) is 6.48. The molecule has 0 aliphatic rings. The van der Waals surface area contributed by atoms with Crippen molar-refractivity contribution in [1.29, 1.82) is 0 Å². The van der Waals surface area contributed by atoms with Crippen molar-refractivity contribution >= 4 is 0 Å². The van der Waals surface area contributed by atoms with Crippen molar-refractivity contribution in [3.05, 3.63) is 57.6 Å². The molecule has 2 aromatic carbocycles. The minimum absolute atomic E-state index is 1.24. The molecule has 0 N–H and O–H groups in total. The second kappa shape index (κ2) is 4.61. The smallest absolute Gasteiger partial charge is 0.0119 e. The predicted molar refractivity (Wildman–Crippen MR) is 79.1 cm³/mol. The van der Waals surface area contributed by atoms with E-state index >= 15 is 0 Å². The standard InChI is InChI=1S/C18H21/c1-11-9-14(4)15(5)17(10-11)18-13(3)8-7-12(2)16(18)6/h8-10H,1-6H3. The summed E-state index contributed by atoms with van der Waals surface area (Å²) in [6.45, 7) is 13.1. The Hall–Kier alpha value is -1.56. The van der Waals surface area contributed by atoms with Gasteiger partial charge in [-0.2, -0.15) is 0 Å². The average molecular weight is 237 g/mol. The first kappa shape index (κ1) is 12.9. The molecule has 0 bridgehead atoms. The van der Waals surface area contributed by atoms with Crippen LogP contribution in [0.3, 0.4) is 0 Å². The van der Waals surface area contributed by atoms with E-state index in [1.807, 2.05) is 0 Å². The molecule has 0 fully saturated rings. The topological polar surface area (TPSA) is 0 Å². The zero-order valence-electron chi connectivity index (χ0n) is 12.2. The van der Waals surface area contributed by atoms with E-state index in [0.717, 1.165) is 0 Å². The van der Waals surface area contributed by atoms with Gasteiger partial charge < -0.3 is 0 Å². The average Bonchev–Trinajstić information content (AvgIpc) is 2.30. The van der Waals surface area contributed by atoms with Crippen LogP contribution in [0.5, 0.6) is 0 Å². The minimum Gasteiger partial charge on any atom is -0.0561 e. The molecule has 0 nitrogen and oxygen atoms in total. The fourth-order valence-electron chi connectivity index (χ4n) is 2.59. The highest BCUT2D eigenvalue weighted by Gasteiger charge is 2.11. The van der Waals surface area contributed by atoms with Gasteiger partial charge >= 0.3 is 0 Å². The molecule has 0 spiro atoms. The molecule has 0 aliphatic carbocycles. The lowest BCUT2D eigenvalue weighted by molar-refractivity contribution is 1.25. The number of hydrogen-bond donors (Lipinski definition) is 0. The molecule has 0 heteroatoms. The third-order valence-electron chi connectivity index (χ3n) is 3.92. The van der Waals surface area contributed by atoms with E-state index < -0.39 is 0 Å². The summed E-state index contributed by atoms with van der Waals surface area (Å²) in [7, 11) is 0. The number of benzene rings is 2. The Labute approximate surface area is 111 Å². The van der Waals surface area contributed by atoms with E-state index in [2.05, 4.69) is 65.8 Å². The van der Waals surface area contributed by atoms with Crippen LogP contribution in [-0.4, -0.2) is 0 Å². The lowest BCUT2D eigenvalue weighted by Crippen LogP contribution is -1.96. The molecule has 0 unspecified atom stereocenters. The zero-order chi connectivity index (χ0) is 13.4. The molecule has 0 heterocycles. The molecule has 18 heavy (non-hydrogen) atoms. The monoisotopic (exact) mass is 237 g/mol. The van der Waals surface area contributed by atoms with Crippen LogP contribution < -0.4 is 0 Å². The number of rotatable bonds is 1. The van der Waals surface area contributed by atoms with Gasteiger partial charge in [-0.1, -0.05) is 23.8 Å². The summed E-state index contributed by atoms with van der Waals surface area (Å²) in [5.41, 5.74) is 10.8. The summed E-state index contributed by atoms with van der Waals surface area (Å²) in [5.74, 6) is 0. The van der Waals surface area contributed by atoms with Crippen LogP contribution in [0.15, 0.2) is 18.2 Å². The Bertz CT molecular complexity index is 604. The molecule has 2 rings (SSSR count). The van der Waals surface area contributed by atoms with Crippen LogP contribution >= 0.6 is 0 Å². The molecule has 93 valence electrons. The highest BCUT2D eigenvalue weighted by atomic mass is 14.2. The molecular weight excluding hydrogens is 216 g/mol. The van der Waals surface area contributed by atoms with Crippen molar-refractivity contribution in [3.63, 3.8) is 0 Å². The molecular formula is C18H21. The first-order chi connectivity index (χ1) is 8.41. The zero-order valence-corrected chi connectivity index (χ0v) is 12.2. The first-order valence-corrected chi connectivity index (χ1v) is 6.48. The van der Waals surface area contributed by atoms with Crippen LogP contribution in [0.25, 0.3) is 11.1 Å². The van der Waals surface area contributed by atoms with Gasteiger partial charge in [0.1, 0.15) is 0 Å². The van der Waals surface area contributed by atoms with E-state index in [4.69, 9.17) is 0 Å². The number of aryl methyl sites for hydroxylation is 4. The van der Waals surface area contributed by atoms with E-state index in [1.165, 1.54) is 44.5 Å². The molecule has 0 saturated carbocycles. The summed E-state index contributed by atoms with van der Waals surface area (Å²) < 4.78 is 0. The van der Waals surface area contributed by atoms with E-state index in [0.29, 0.717) is 0 Å². The third-order valence-corrected chi connectivity index (χ3v) is 3.92. The highest BCUT2D eigenvalue weighted by molar-refractivity contribution is 5.76. The summed E-state index contributed by atoms with van der Waals surface area (Å²) in [5, 5.41) is 0. The van der Waals surface area contributed by atoms with Crippen LogP contribution in [0.2, 0.25) is 0 Å². The summed E-state index contributed by atoms with van der Waals surface area (Å²) in [4.78, 5) is 0. The van der Waals surface area contributed by atoms with Gasteiger partial charge in [0, 0.05) is 0 Å². The molecule has 0 atom stereocenters. The van der Waals surface area contributed by atoms with Crippen LogP contribution in [-0.2, 0) is 0 Å². The molecule has 0 saturated heterocycles. The van der Waals surface area contributed by atoms with Crippen LogP contribution in [0, 0.1) is 47.6 Å². The van der Waals surface area contributed by atoms with Gasteiger partial charge in [0.2, 0.25) is 0 Å². The largest absolute Gasteiger partial charge is 0.0561 e. The number of hydrogen-bond acceptors (Lipinski definition) is 0. The van der Waals surface area contributed by atoms with Crippen molar-refractivity contribution in [2.45, 2.75) is 41.5 Å². The second-order valence-corrected chi connectivity index (χ2v) is 5.35.